The van der Waals surface area contributed by atoms with Crippen molar-refractivity contribution in [2.75, 3.05) is 18.6 Å². The molecule has 6 nitrogen and oxygen atoms in total. The molecule has 0 fully saturated rings. The van der Waals surface area contributed by atoms with Crippen LogP contribution in [0.1, 0.15) is 20.2 Å². The number of esters is 1. The first-order valence-corrected chi connectivity index (χ1v) is 9.81. The van der Waals surface area contributed by atoms with E-state index in [0.29, 0.717) is 21.8 Å². The van der Waals surface area contributed by atoms with Crippen LogP contribution in [0.2, 0.25) is 0 Å². The Morgan fingerprint density at radius 3 is 2.69 bits per heavy atom. The minimum atomic E-state index is -0.446. The summed E-state index contributed by atoms with van der Waals surface area (Å²) in [7, 11) is 1.33. The highest BCUT2D eigenvalue weighted by atomic mass is 32.1. The highest BCUT2D eigenvalue weighted by Gasteiger charge is 2.32. The van der Waals surface area contributed by atoms with E-state index in [-0.39, 0.29) is 18.1 Å². The molecule has 1 aliphatic heterocycles. The molecule has 1 aliphatic rings. The van der Waals surface area contributed by atoms with Gasteiger partial charge in [-0.05, 0) is 25.1 Å². The SMILES string of the molecule is COC(=O)c1cccc(N2CC(O)=C(c3nc(-c4ccccc4)c(C)s3)C2=N)c1. The number of anilines is 1. The van der Waals surface area contributed by atoms with Crippen molar-refractivity contribution in [1.82, 2.24) is 4.98 Å². The molecule has 1 aromatic heterocycles. The number of carbonyl (C=O) groups excluding carboxylic acids is 1. The Kier molecular flexibility index (Phi) is 4.90. The molecule has 4 rings (SSSR count). The second-order valence-corrected chi connectivity index (χ2v) is 7.79. The second kappa shape index (κ2) is 7.52. The van der Waals surface area contributed by atoms with Gasteiger partial charge in [0.25, 0.3) is 0 Å². The maximum absolute atomic E-state index is 11.8. The number of benzene rings is 2. The van der Waals surface area contributed by atoms with Gasteiger partial charge in [0, 0.05) is 16.1 Å². The molecule has 29 heavy (non-hydrogen) atoms. The van der Waals surface area contributed by atoms with Gasteiger partial charge in [0.1, 0.15) is 16.6 Å². The van der Waals surface area contributed by atoms with E-state index >= 15 is 0 Å². The van der Waals surface area contributed by atoms with Gasteiger partial charge in [0.15, 0.2) is 0 Å². The molecule has 3 aromatic rings. The number of amidine groups is 1. The minimum Gasteiger partial charge on any atom is -0.510 e. The Labute approximate surface area is 172 Å². The van der Waals surface area contributed by atoms with Gasteiger partial charge in [-0.2, -0.15) is 0 Å². The number of aryl methyl sites for hydroxylation is 1. The van der Waals surface area contributed by atoms with E-state index in [4.69, 9.17) is 15.1 Å². The Balaban J connectivity index is 1.67. The highest BCUT2D eigenvalue weighted by Crippen LogP contribution is 2.36. The molecule has 0 atom stereocenters. The third-order valence-corrected chi connectivity index (χ3v) is 5.73. The first kappa shape index (κ1) is 18.9. The van der Waals surface area contributed by atoms with E-state index in [0.717, 1.165) is 16.1 Å². The van der Waals surface area contributed by atoms with Crippen molar-refractivity contribution in [2.45, 2.75) is 6.92 Å². The van der Waals surface area contributed by atoms with Gasteiger partial charge in [-0.25, -0.2) is 9.78 Å². The molecular formula is C22H19N3O3S. The molecule has 0 saturated heterocycles. The Morgan fingerprint density at radius 2 is 1.97 bits per heavy atom. The Bertz CT molecular complexity index is 1140. The van der Waals surface area contributed by atoms with E-state index in [1.807, 2.05) is 37.3 Å². The fraction of sp³-hybridized carbons (Fsp3) is 0.136. The lowest BCUT2D eigenvalue weighted by Gasteiger charge is -2.19. The molecule has 0 aliphatic carbocycles. The van der Waals surface area contributed by atoms with Crippen LogP contribution in [0, 0.1) is 12.3 Å². The van der Waals surface area contributed by atoms with Crippen LogP contribution in [-0.4, -0.2) is 35.5 Å². The molecule has 0 unspecified atom stereocenters. The first-order valence-electron chi connectivity index (χ1n) is 8.99. The molecule has 2 N–H and O–H groups in total. The summed E-state index contributed by atoms with van der Waals surface area (Å²) < 4.78 is 4.77. The van der Waals surface area contributed by atoms with Gasteiger partial charge >= 0.3 is 5.97 Å². The largest absolute Gasteiger partial charge is 0.510 e. The number of aliphatic hydroxyl groups excluding tert-OH is 1. The van der Waals surface area contributed by atoms with Crippen molar-refractivity contribution < 1.29 is 14.6 Å². The lowest BCUT2D eigenvalue weighted by Crippen LogP contribution is -2.26. The quantitative estimate of drug-likeness (QED) is 0.616. The summed E-state index contributed by atoms with van der Waals surface area (Å²) in [5, 5.41) is 19.9. The van der Waals surface area contributed by atoms with Gasteiger partial charge in [-0.3, -0.25) is 5.41 Å². The minimum absolute atomic E-state index is 0.0897. The van der Waals surface area contributed by atoms with Crippen molar-refractivity contribution in [2.24, 2.45) is 0 Å². The third kappa shape index (κ3) is 3.40. The van der Waals surface area contributed by atoms with E-state index in [9.17, 15) is 9.90 Å². The molecular weight excluding hydrogens is 386 g/mol. The predicted octanol–water partition coefficient (Wildman–Crippen LogP) is 4.67. The number of methoxy groups -OCH3 is 1. The molecule has 0 radical (unpaired) electrons. The van der Waals surface area contributed by atoms with Crippen LogP contribution >= 0.6 is 11.3 Å². The molecule has 0 spiro atoms. The average Bonchev–Trinajstić information content (AvgIpc) is 3.26. The fourth-order valence-corrected chi connectivity index (χ4v) is 4.31. The number of thiazole rings is 1. The van der Waals surface area contributed by atoms with Crippen molar-refractivity contribution in [1.29, 1.82) is 5.41 Å². The number of hydrogen-bond acceptors (Lipinski definition) is 6. The smallest absolute Gasteiger partial charge is 0.337 e. The standard InChI is InChI=1S/C22H19N3O3S/c1-13-19(14-7-4-3-5-8-14)24-21(29-13)18-17(26)12-25(20(18)23)16-10-6-9-15(11-16)22(27)28-2/h3-11,23,26H,12H2,1-2H3. The van der Waals surface area contributed by atoms with Crippen LogP contribution in [0.25, 0.3) is 16.8 Å². The van der Waals surface area contributed by atoms with Crippen LogP contribution in [0.5, 0.6) is 0 Å². The number of nitrogens with one attached hydrogen (secondary N) is 1. The van der Waals surface area contributed by atoms with Gasteiger partial charge in [0.2, 0.25) is 0 Å². The van der Waals surface area contributed by atoms with Gasteiger partial charge in [-0.1, -0.05) is 36.4 Å². The Morgan fingerprint density at radius 1 is 1.21 bits per heavy atom. The Hall–Kier alpha value is -3.45. The fourth-order valence-electron chi connectivity index (χ4n) is 3.31. The van der Waals surface area contributed by atoms with Crippen LogP contribution < -0.4 is 4.90 Å². The number of rotatable bonds is 4. The zero-order chi connectivity index (χ0) is 20.5. The lowest BCUT2D eigenvalue weighted by atomic mass is 10.1. The van der Waals surface area contributed by atoms with E-state index in [1.165, 1.54) is 18.4 Å². The van der Waals surface area contributed by atoms with Crippen molar-refractivity contribution in [3.8, 4) is 11.3 Å². The topological polar surface area (TPSA) is 86.5 Å². The number of aliphatic hydroxyl groups is 1. The van der Waals surface area contributed by atoms with E-state index in [2.05, 4.69) is 0 Å². The van der Waals surface area contributed by atoms with Gasteiger partial charge in [-0.15, -0.1) is 11.3 Å². The molecule has 146 valence electrons. The summed E-state index contributed by atoms with van der Waals surface area (Å²) in [6.45, 7) is 2.13. The summed E-state index contributed by atoms with van der Waals surface area (Å²) in [6, 6.07) is 16.7. The summed E-state index contributed by atoms with van der Waals surface area (Å²) in [4.78, 5) is 19.2. The number of hydrogen-bond donors (Lipinski definition) is 2. The molecule has 2 aromatic carbocycles. The third-order valence-electron chi connectivity index (χ3n) is 4.74. The van der Waals surface area contributed by atoms with Crippen LogP contribution in [0.15, 0.2) is 60.4 Å². The molecule has 0 amide bonds. The second-order valence-electron chi connectivity index (χ2n) is 6.59. The summed E-state index contributed by atoms with van der Waals surface area (Å²) in [5.74, 6) is -0.206. The maximum Gasteiger partial charge on any atom is 0.337 e. The van der Waals surface area contributed by atoms with Crippen LogP contribution in [0.3, 0.4) is 0 Å². The van der Waals surface area contributed by atoms with E-state index in [1.54, 1.807) is 29.2 Å². The zero-order valence-corrected chi connectivity index (χ0v) is 16.8. The number of aromatic nitrogens is 1. The molecule has 2 heterocycles. The monoisotopic (exact) mass is 405 g/mol. The normalized spacial score (nSPS) is 13.9. The number of nitrogens with zero attached hydrogens (tertiary/aromatic N) is 2. The van der Waals surface area contributed by atoms with Crippen molar-refractivity contribution in [3.63, 3.8) is 0 Å². The van der Waals surface area contributed by atoms with Crippen molar-refractivity contribution >= 4 is 34.4 Å². The zero-order valence-electron chi connectivity index (χ0n) is 16.0. The average molecular weight is 405 g/mol. The summed E-state index contributed by atoms with van der Waals surface area (Å²) in [5.41, 5.74) is 3.30. The number of carbonyl (C=O) groups is 1. The van der Waals surface area contributed by atoms with Crippen molar-refractivity contribution in [3.05, 3.63) is 75.8 Å². The maximum atomic E-state index is 11.8. The van der Waals surface area contributed by atoms with Crippen LogP contribution in [0.4, 0.5) is 5.69 Å². The van der Waals surface area contributed by atoms with Gasteiger partial charge in [0.05, 0.1) is 30.5 Å². The predicted molar refractivity (Wildman–Crippen MR) is 115 cm³/mol. The lowest BCUT2D eigenvalue weighted by molar-refractivity contribution is 0.0601. The highest BCUT2D eigenvalue weighted by molar-refractivity contribution is 7.13. The van der Waals surface area contributed by atoms with Crippen LogP contribution in [-0.2, 0) is 4.74 Å². The number of ether oxygens (including phenoxy) is 1. The van der Waals surface area contributed by atoms with Gasteiger partial charge < -0.3 is 14.7 Å². The van der Waals surface area contributed by atoms with E-state index < -0.39 is 5.97 Å². The first-order chi connectivity index (χ1) is 14.0. The molecule has 0 saturated carbocycles. The molecule has 0 bridgehead atoms. The summed E-state index contributed by atoms with van der Waals surface area (Å²) >= 11 is 1.45. The molecule has 7 heteroatoms. The summed E-state index contributed by atoms with van der Waals surface area (Å²) in [6.07, 6.45) is 0.